The lowest BCUT2D eigenvalue weighted by molar-refractivity contribution is 0.0854. The molecule has 0 aromatic heterocycles. The number of anilines is 1. The smallest absolute Gasteiger partial charge is 0.0642 e. The molecule has 3 nitrogen and oxygen atoms in total. The molecule has 1 heterocycles. The van der Waals surface area contributed by atoms with Crippen LogP contribution in [0.4, 0.5) is 5.69 Å². The maximum absolute atomic E-state index is 6.46. The van der Waals surface area contributed by atoms with Gasteiger partial charge in [0, 0.05) is 32.3 Å². The highest BCUT2D eigenvalue weighted by molar-refractivity contribution is 6.33. The molecule has 0 radical (unpaired) electrons. The first-order valence-electron chi connectivity index (χ1n) is 7.47. The van der Waals surface area contributed by atoms with Crippen LogP contribution in [0.1, 0.15) is 31.7 Å². The van der Waals surface area contributed by atoms with Crippen molar-refractivity contribution in [3.63, 3.8) is 0 Å². The summed E-state index contributed by atoms with van der Waals surface area (Å²) in [5.74, 6) is 0. The van der Waals surface area contributed by atoms with Crippen LogP contribution in [0.25, 0.3) is 0 Å². The molecule has 1 fully saturated rings. The minimum absolute atomic E-state index is 0.190. The van der Waals surface area contributed by atoms with Gasteiger partial charge in [0.25, 0.3) is 0 Å². The third-order valence-corrected chi connectivity index (χ3v) is 4.47. The molecule has 20 heavy (non-hydrogen) atoms. The van der Waals surface area contributed by atoms with Crippen molar-refractivity contribution in [3.05, 3.63) is 28.8 Å². The largest absolute Gasteiger partial charge is 0.381 e. The molecule has 1 atom stereocenters. The number of benzene rings is 1. The number of nitrogens with two attached hydrogens (primary N) is 1. The van der Waals surface area contributed by atoms with Crippen molar-refractivity contribution in [2.45, 2.75) is 44.7 Å². The van der Waals surface area contributed by atoms with Gasteiger partial charge in [0.2, 0.25) is 0 Å². The molecule has 1 aliphatic rings. The first-order chi connectivity index (χ1) is 9.63. The Morgan fingerprint density at radius 2 is 2.10 bits per heavy atom. The van der Waals surface area contributed by atoms with Crippen molar-refractivity contribution in [2.75, 3.05) is 25.2 Å². The zero-order valence-electron chi connectivity index (χ0n) is 12.4. The van der Waals surface area contributed by atoms with Gasteiger partial charge in [0.05, 0.1) is 10.7 Å². The summed E-state index contributed by atoms with van der Waals surface area (Å²) in [6, 6.07) is 6.82. The molecule has 2 rings (SSSR count). The van der Waals surface area contributed by atoms with Gasteiger partial charge in [-0.25, -0.2) is 0 Å². The van der Waals surface area contributed by atoms with Crippen molar-refractivity contribution in [1.82, 2.24) is 0 Å². The first kappa shape index (κ1) is 15.6. The quantitative estimate of drug-likeness (QED) is 0.906. The monoisotopic (exact) mass is 296 g/mol. The molecule has 1 aliphatic heterocycles. The summed E-state index contributed by atoms with van der Waals surface area (Å²) >= 11 is 6.46. The van der Waals surface area contributed by atoms with Gasteiger partial charge in [-0.15, -0.1) is 0 Å². The standard InChI is InChI=1S/C16H25ClN2O/c1-3-13(18)11-12-5-4-6-15(17)16(12)19(2)14-7-9-20-10-8-14/h4-6,13-14H,3,7-11,18H2,1-2H3. The van der Waals surface area contributed by atoms with Crippen molar-refractivity contribution >= 4 is 17.3 Å². The highest BCUT2D eigenvalue weighted by Crippen LogP contribution is 2.33. The molecule has 1 unspecified atom stereocenters. The van der Waals surface area contributed by atoms with Gasteiger partial charge in [0.15, 0.2) is 0 Å². The number of rotatable bonds is 5. The summed E-state index contributed by atoms with van der Waals surface area (Å²) in [7, 11) is 2.14. The average molecular weight is 297 g/mol. The second-order valence-corrected chi connectivity index (χ2v) is 5.98. The fourth-order valence-electron chi connectivity index (χ4n) is 2.80. The van der Waals surface area contributed by atoms with Crippen LogP contribution in [0.5, 0.6) is 0 Å². The Morgan fingerprint density at radius 3 is 2.75 bits per heavy atom. The predicted molar refractivity (Wildman–Crippen MR) is 85.7 cm³/mol. The predicted octanol–water partition coefficient (Wildman–Crippen LogP) is 3.24. The lowest BCUT2D eigenvalue weighted by atomic mass is 10.00. The molecule has 0 saturated carbocycles. The van der Waals surface area contributed by atoms with E-state index in [0.29, 0.717) is 6.04 Å². The number of ether oxygens (including phenoxy) is 1. The molecule has 0 amide bonds. The van der Waals surface area contributed by atoms with Crippen molar-refractivity contribution in [3.8, 4) is 0 Å². The molecule has 0 aliphatic carbocycles. The normalized spacial score (nSPS) is 18.0. The molecule has 0 bridgehead atoms. The molecule has 4 heteroatoms. The zero-order chi connectivity index (χ0) is 14.5. The van der Waals surface area contributed by atoms with Crippen molar-refractivity contribution < 1.29 is 4.74 Å². The molecule has 1 aromatic carbocycles. The average Bonchev–Trinajstić information content (AvgIpc) is 2.47. The van der Waals surface area contributed by atoms with Crippen LogP contribution in [-0.4, -0.2) is 32.3 Å². The minimum Gasteiger partial charge on any atom is -0.381 e. The Morgan fingerprint density at radius 1 is 1.40 bits per heavy atom. The summed E-state index contributed by atoms with van der Waals surface area (Å²) < 4.78 is 5.45. The lowest BCUT2D eigenvalue weighted by Crippen LogP contribution is -2.37. The van der Waals surface area contributed by atoms with E-state index < -0.39 is 0 Å². The second kappa shape index (κ2) is 7.30. The summed E-state index contributed by atoms with van der Waals surface area (Å²) in [4.78, 5) is 2.32. The van der Waals surface area contributed by atoms with E-state index in [1.807, 2.05) is 12.1 Å². The minimum atomic E-state index is 0.190. The molecule has 0 spiro atoms. The van der Waals surface area contributed by atoms with Gasteiger partial charge in [-0.05, 0) is 37.3 Å². The number of para-hydroxylation sites is 1. The molecule has 112 valence electrons. The summed E-state index contributed by atoms with van der Waals surface area (Å²) in [5.41, 5.74) is 8.52. The Hall–Kier alpha value is -0.770. The molecular formula is C16H25ClN2O. The van der Waals surface area contributed by atoms with E-state index in [1.54, 1.807) is 0 Å². The van der Waals surface area contributed by atoms with E-state index in [1.165, 1.54) is 5.56 Å². The number of hydrogen-bond donors (Lipinski definition) is 1. The maximum atomic E-state index is 6.46. The zero-order valence-corrected chi connectivity index (χ0v) is 13.2. The van der Waals surface area contributed by atoms with E-state index in [-0.39, 0.29) is 6.04 Å². The Balaban J connectivity index is 2.23. The fraction of sp³-hybridized carbons (Fsp3) is 0.625. The topological polar surface area (TPSA) is 38.5 Å². The van der Waals surface area contributed by atoms with Crippen LogP contribution < -0.4 is 10.6 Å². The molecule has 1 saturated heterocycles. The lowest BCUT2D eigenvalue weighted by Gasteiger charge is -2.35. The number of hydrogen-bond acceptors (Lipinski definition) is 3. The van der Waals surface area contributed by atoms with E-state index in [4.69, 9.17) is 22.1 Å². The van der Waals surface area contributed by atoms with Crippen LogP contribution in [0.15, 0.2) is 18.2 Å². The fourth-order valence-corrected chi connectivity index (χ4v) is 3.13. The first-order valence-corrected chi connectivity index (χ1v) is 7.84. The SMILES string of the molecule is CCC(N)Cc1cccc(Cl)c1N(C)C1CCOCC1. The van der Waals surface area contributed by atoms with Crippen LogP contribution in [-0.2, 0) is 11.2 Å². The summed E-state index contributed by atoms with van der Waals surface area (Å²) in [5, 5.41) is 0.819. The molecule has 2 N–H and O–H groups in total. The van der Waals surface area contributed by atoms with Crippen molar-refractivity contribution in [1.29, 1.82) is 0 Å². The highest BCUT2D eigenvalue weighted by atomic mass is 35.5. The van der Waals surface area contributed by atoms with Crippen LogP contribution in [0, 0.1) is 0 Å². The summed E-state index contributed by atoms with van der Waals surface area (Å²) in [6.45, 7) is 3.80. The third kappa shape index (κ3) is 3.66. The van der Waals surface area contributed by atoms with E-state index in [0.717, 1.165) is 49.6 Å². The van der Waals surface area contributed by atoms with Gasteiger partial charge in [-0.2, -0.15) is 0 Å². The van der Waals surface area contributed by atoms with E-state index in [2.05, 4.69) is 24.9 Å². The third-order valence-electron chi connectivity index (χ3n) is 4.17. The Kier molecular flexibility index (Phi) is 5.70. The van der Waals surface area contributed by atoms with Gasteiger partial charge < -0.3 is 15.4 Å². The second-order valence-electron chi connectivity index (χ2n) is 5.57. The van der Waals surface area contributed by atoms with Crippen LogP contribution in [0.2, 0.25) is 5.02 Å². The number of halogens is 1. The van der Waals surface area contributed by atoms with Crippen LogP contribution in [0.3, 0.4) is 0 Å². The van der Waals surface area contributed by atoms with E-state index >= 15 is 0 Å². The summed E-state index contributed by atoms with van der Waals surface area (Å²) in [6.07, 6.45) is 3.97. The van der Waals surface area contributed by atoms with Gasteiger partial charge in [0.1, 0.15) is 0 Å². The molecule has 1 aromatic rings. The highest BCUT2D eigenvalue weighted by Gasteiger charge is 2.22. The van der Waals surface area contributed by atoms with Gasteiger partial charge >= 0.3 is 0 Å². The van der Waals surface area contributed by atoms with Crippen LogP contribution >= 0.6 is 11.6 Å². The Labute approximate surface area is 127 Å². The van der Waals surface area contributed by atoms with Gasteiger partial charge in [-0.3, -0.25) is 0 Å². The number of nitrogens with zero attached hydrogens (tertiary/aromatic N) is 1. The van der Waals surface area contributed by atoms with E-state index in [9.17, 15) is 0 Å². The van der Waals surface area contributed by atoms with Gasteiger partial charge in [-0.1, -0.05) is 30.7 Å². The Bertz CT molecular complexity index is 432. The van der Waals surface area contributed by atoms with Crippen molar-refractivity contribution in [2.24, 2.45) is 5.73 Å². The molecular weight excluding hydrogens is 272 g/mol. The maximum Gasteiger partial charge on any atom is 0.0642 e.